The molecule has 1 unspecified atom stereocenters. The molecule has 8 heteroatoms. The highest BCUT2D eigenvalue weighted by atomic mass is 32.2. The molecular weight excluding hydrogens is 306 g/mol. The molecule has 0 spiro atoms. The molecule has 0 aromatic carbocycles. The lowest BCUT2D eigenvalue weighted by atomic mass is 10.2. The summed E-state index contributed by atoms with van der Waals surface area (Å²) in [5, 5.41) is 14.0. The molecule has 0 fully saturated rings. The van der Waals surface area contributed by atoms with Gasteiger partial charge in [-0.2, -0.15) is 0 Å². The molecule has 114 valence electrons. The van der Waals surface area contributed by atoms with Crippen molar-refractivity contribution in [1.82, 2.24) is 19.7 Å². The Hall–Kier alpha value is -1.41. The Balaban J connectivity index is 2.02. The van der Waals surface area contributed by atoms with E-state index < -0.39 is 0 Å². The summed E-state index contributed by atoms with van der Waals surface area (Å²) in [6, 6.07) is 0. The third-order valence-corrected chi connectivity index (χ3v) is 4.53. The standard InChI is InChI=1S/C13H19N5OS2/c1-8(2)7-18-10(4)16-17-13(18)21-9(3)11(19)15-12-14-5-6-20-12/h5-6,8-9H,7H2,1-4H3,(H,14,15,19). The maximum Gasteiger partial charge on any atom is 0.239 e. The Morgan fingerprint density at radius 3 is 2.81 bits per heavy atom. The molecule has 1 atom stereocenters. The predicted octanol–water partition coefficient (Wildman–Crippen LogP) is 2.82. The van der Waals surface area contributed by atoms with Crippen LogP contribution in [0.4, 0.5) is 5.13 Å². The van der Waals surface area contributed by atoms with Crippen LogP contribution in [0.3, 0.4) is 0 Å². The number of nitrogens with zero attached hydrogens (tertiary/aromatic N) is 4. The Labute approximate surface area is 132 Å². The number of carbonyl (C=O) groups is 1. The second-order valence-electron chi connectivity index (χ2n) is 5.12. The van der Waals surface area contributed by atoms with Crippen LogP contribution in [0, 0.1) is 12.8 Å². The van der Waals surface area contributed by atoms with Gasteiger partial charge in [-0.25, -0.2) is 4.98 Å². The summed E-state index contributed by atoms with van der Waals surface area (Å²) < 4.78 is 2.06. The van der Waals surface area contributed by atoms with Crippen molar-refractivity contribution in [2.24, 2.45) is 5.92 Å². The van der Waals surface area contributed by atoms with Gasteiger partial charge in [-0.15, -0.1) is 21.5 Å². The zero-order valence-electron chi connectivity index (χ0n) is 12.5. The molecule has 0 aliphatic rings. The average molecular weight is 325 g/mol. The summed E-state index contributed by atoms with van der Waals surface area (Å²) >= 11 is 2.82. The van der Waals surface area contributed by atoms with Gasteiger partial charge in [-0.3, -0.25) is 4.79 Å². The molecule has 0 aliphatic carbocycles. The largest absolute Gasteiger partial charge is 0.306 e. The lowest BCUT2D eigenvalue weighted by Crippen LogP contribution is -2.23. The van der Waals surface area contributed by atoms with Gasteiger partial charge < -0.3 is 9.88 Å². The lowest BCUT2D eigenvalue weighted by molar-refractivity contribution is -0.115. The van der Waals surface area contributed by atoms with Crippen molar-refractivity contribution in [2.45, 2.75) is 44.6 Å². The Bertz CT molecular complexity index is 594. The van der Waals surface area contributed by atoms with E-state index in [9.17, 15) is 4.79 Å². The molecule has 2 aromatic heterocycles. The molecular formula is C13H19N5OS2. The zero-order chi connectivity index (χ0) is 15.4. The summed E-state index contributed by atoms with van der Waals surface area (Å²) in [5.74, 6) is 1.30. The van der Waals surface area contributed by atoms with Gasteiger partial charge in [-0.1, -0.05) is 25.6 Å². The first-order valence-electron chi connectivity index (χ1n) is 6.74. The van der Waals surface area contributed by atoms with Crippen molar-refractivity contribution in [1.29, 1.82) is 0 Å². The van der Waals surface area contributed by atoms with Crippen LogP contribution in [0.5, 0.6) is 0 Å². The molecule has 0 aliphatic heterocycles. The quantitative estimate of drug-likeness (QED) is 0.827. The molecule has 2 rings (SSSR count). The van der Waals surface area contributed by atoms with Gasteiger partial charge in [-0.05, 0) is 19.8 Å². The number of thioether (sulfide) groups is 1. The maximum absolute atomic E-state index is 12.1. The second kappa shape index (κ2) is 7.04. The molecule has 6 nitrogen and oxygen atoms in total. The van der Waals surface area contributed by atoms with Crippen LogP contribution >= 0.6 is 23.1 Å². The molecule has 2 heterocycles. The first-order chi connectivity index (χ1) is 9.97. The molecule has 0 radical (unpaired) electrons. The summed E-state index contributed by atoms with van der Waals surface area (Å²) in [4.78, 5) is 16.2. The molecule has 0 bridgehead atoms. The number of nitrogens with one attached hydrogen (secondary N) is 1. The normalized spacial score (nSPS) is 12.6. The number of hydrogen-bond acceptors (Lipinski definition) is 6. The molecule has 1 N–H and O–H groups in total. The fourth-order valence-electron chi connectivity index (χ4n) is 1.73. The third-order valence-electron chi connectivity index (χ3n) is 2.76. The minimum Gasteiger partial charge on any atom is -0.306 e. The first-order valence-corrected chi connectivity index (χ1v) is 8.50. The maximum atomic E-state index is 12.1. The van der Waals surface area contributed by atoms with Crippen LogP contribution in [0.15, 0.2) is 16.7 Å². The van der Waals surface area contributed by atoms with Gasteiger partial charge in [0, 0.05) is 18.1 Å². The number of carbonyl (C=O) groups excluding carboxylic acids is 1. The number of hydrogen-bond donors (Lipinski definition) is 1. The van der Waals surface area contributed by atoms with E-state index in [0.29, 0.717) is 11.0 Å². The van der Waals surface area contributed by atoms with E-state index >= 15 is 0 Å². The number of thiazole rings is 1. The van der Waals surface area contributed by atoms with Gasteiger partial charge in [0.2, 0.25) is 5.91 Å². The molecule has 1 amide bonds. The van der Waals surface area contributed by atoms with E-state index in [1.807, 2.05) is 19.2 Å². The lowest BCUT2D eigenvalue weighted by Gasteiger charge is -2.13. The topological polar surface area (TPSA) is 72.7 Å². The van der Waals surface area contributed by atoms with Crippen molar-refractivity contribution >= 4 is 34.1 Å². The van der Waals surface area contributed by atoms with E-state index in [-0.39, 0.29) is 11.2 Å². The first kappa shape index (κ1) is 16.0. The molecule has 2 aromatic rings. The highest BCUT2D eigenvalue weighted by Crippen LogP contribution is 2.24. The van der Waals surface area contributed by atoms with Gasteiger partial charge >= 0.3 is 0 Å². The Morgan fingerprint density at radius 1 is 1.43 bits per heavy atom. The Kier molecular flexibility index (Phi) is 5.35. The summed E-state index contributed by atoms with van der Waals surface area (Å²) in [6.07, 6.45) is 1.67. The highest BCUT2D eigenvalue weighted by molar-refractivity contribution is 8.00. The van der Waals surface area contributed by atoms with Crippen LogP contribution in [-0.4, -0.2) is 30.9 Å². The van der Waals surface area contributed by atoms with E-state index in [1.165, 1.54) is 23.1 Å². The average Bonchev–Trinajstić information content (AvgIpc) is 3.03. The van der Waals surface area contributed by atoms with E-state index in [4.69, 9.17) is 0 Å². The molecule has 0 saturated carbocycles. The van der Waals surface area contributed by atoms with Crippen molar-refractivity contribution in [3.63, 3.8) is 0 Å². The van der Waals surface area contributed by atoms with Crippen molar-refractivity contribution in [2.75, 3.05) is 5.32 Å². The SMILES string of the molecule is Cc1nnc(SC(C)C(=O)Nc2nccs2)n1CC(C)C. The van der Waals surface area contributed by atoms with Crippen molar-refractivity contribution in [3.8, 4) is 0 Å². The fourth-order valence-corrected chi connectivity index (χ4v) is 3.16. The molecule has 21 heavy (non-hydrogen) atoms. The minimum atomic E-state index is -0.261. The van der Waals surface area contributed by atoms with E-state index in [2.05, 4.69) is 38.9 Å². The van der Waals surface area contributed by atoms with E-state index in [0.717, 1.165) is 17.5 Å². The number of anilines is 1. The fraction of sp³-hybridized carbons (Fsp3) is 0.538. The van der Waals surface area contributed by atoms with Gasteiger partial charge in [0.15, 0.2) is 10.3 Å². The van der Waals surface area contributed by atoms with E-state index in [1.54, 1.807) is 6.20 Å². The van der Waals surface area contributed by atoms with Crippen LogP contribution in [0.1, 0.15) is 26.6 Å². The van der Waals surface area contributed by atoms with Gasteiger partial charge in [0.05, 0.1) is 5.25 Å². The van der Waals surface area contributed by atoms with Crippen LogP contribution in [0.2, 0.25) is 0 Å². The number of rotatable bonds is 6. The number of aryl methyl sites for hydroxylation is 1. The van der Waals surface area contributed by atoms with Crippen LogP contribution in [-0.2, 0) is 11.3 Å². The summed E-state index contributed by atoms with van der Waals surface area (Å²) in [5.41, 5.74) is 0. The zero-order valence-corrected chi connectivity index (χ0v) is 14.2. The monoisotopic (exact) mass is 325 g/mol. The highest BCUT2D eigenvalue weighted by Gasteiger charge is 2.20. The second-order valence-corrected chi connectivity index (χ2v) is 7.32. The Morgan fingerprint density at radius 2 is 2.19 bits per heavy atom. The third kappa shape index (κ3) is 4.28. The van der Waals surface area contributed by atoms with Crippen LogP contribution in [0.25, 0.3) is 0 Å². The van der Waals surface area contributed by atoms with Gasteiger partial charge in [0.25, 0.3) is 0 Å². The summed E-state index contributed by atoms with van der Waals surface area (Å²) in [7, 11) is 0. The molecule has 0 saturated heterocycles. The number of amides is 1. The minimum absolute atomic E-state index is 0.0771. The number of aromatic nitrogens is 4. The van der Waals surface area contributed by atoms with Crippen molar-refractivity contribution < 1.29 is 4.79 Å². The summed E-state index contributed by atoms with van der Waals surface area (Å²) in [6.45, 7) is 8.93. The van der Waals surface area contributed by atoms with Gasteiger partial charge in [0.1, 0.15) is 5.82 Å². The van der Waals surface area contributed by atoms with Crippen molar-refractivity contribution in [3.05, 3.63) is 17.4 Å². The predicted molar refractivity (Wildman–Crippen MR) is 85.7 cm³/mol. The smallest absolute Gasteiger partial charge is 0.239 e. The van der Waals surface area contributed by atoms with Crippen LogP contribution < -0.4 is 5.32 Å².